The fourth-order valence-corrected chi connectivity index (χ4v) is 2.43. The van der Waals surface area contributed by atoms with Crippen molar-refractivity contribution in [3.05, 3.63) is 36.9 Å². The second-order valence-corrected chi connectivity index (χ2v) is 4.87. The van der Waals surface area contributed by atoms with E-state index in [-0.39, 0.29) is 16.6 Å². The Kier molecular flexibility index (Phi) is 3.49. The molecule has 0 saturated carbocycles. The van der Waals surface area contributed by atoms with Gasteiger partial charge in [-0.15, -0.1) is 6.58 Å². The Balaban J connectivity index is 3.07. The summed E-state index contributed by atoms with van der Waals surface area (Å²) in [4.78, 5) is 0.0960. The molecule has 0 aliphatic heterocycles. The van der Waals surface area contributed by atoms with Gasteiger partial charge in [-0.3, -0.25) is 0 Å². The highest BCUT2D eigenvalue weighted by molar-refractivity contribution is 7.89. The van der Waals surface area contributed by atoms with Crippen LogP contribution in [0, 0.1) is 0 Å². The Morgan fingerprint density at radius 1 is 1.47 bits per heavy atom. The lowest BCUT2D eigenvalue weighted by Gasteiger charge is -2.11. The molecule has 4 nitrogen and oxygen atoms in total. The number of nitrogen functional groups attached to an aromatic ring is 1. The molecule has 0 radical (unpaired) electrons. The molecule has 15 heavy (non-hydrogen) atoms. The standard InChI is InChI=1S/C10H14N2O2S/c1-3-8(2)12-15(13,14)10-7-5-4-6-9(10)11/h3-8,12H,1,11H2,2H3. The van der Waals surface area contributed by atoms with Crippen molar-refractivity contribution in [3.8, 4) is 0 Å². The topological polar surface area (TPSA) is 72.2 Å². The van der Waals surface area contributed by atoms with Gasteiger partial charge in [0.05, 0.1) is 5.69 Å². The number of nitrogens with one attached hydrogen (secondary N) is 1. The lowest BCUT2D eigenvalue weighted by Crippen LogP contribution is -2.31. The van der Waals surface area contributed by atoms with Crippen LogP contribution >= 0.6 is 0 Å². The van der Waals surface area contributed by atoms with Crippen LogP contribution in [-0.2, 0) is 10.0 Å². The molecule has 0 amide bonds. The molecule has 0 spiro atoms. The molecule has 1 unspecified atom stereocenters. The van der Waals surface area contributed by atoms with E-state index in [1.54, 1.807) is 25.1 Å². The number of hydrogen-bond acceptors (Lipinski definition) is 3. The Morgan fingerprint density at radius 2 is 2.07 bits per heavy atom. The first-order valence-corrected chi connectivity index (χ1v) is 5.95. The Hall–Kier alpha value is -1.33. The summed E-state index contributed by atoms with van der Waals surface area (Å²) in [5.41, 5.74) is 5.82. The van der Waals surface area contributed by atoms with Crippen molar-refractivity contribution in [1.82, 2.24) is 4.72 Å². The van der Waals surface area contributed by atoms with E-state index in [4.69, 9.17) is 5.73 Å². The van der Waals surface area contributed by atoms with Gasteiger partial charge in [0.15, 0.2) is 0 Å². The van der Waals surface area contributed by atoms with Crippen LogP contribution in [0.1, 0.15) is 6.92 Å². The number of anilines is 1. The molecule has 0 aliphatic rings. The minimum Gasteiger partial charge on any atom is -0.398 e. The fraction of sp³-hybridized carbons (Fsp3) is 0.200. The minimum atomic E-state index is -3.55. The maximum Gasteiger partial charge on any atom is 0.243 e. The van der Waals surface area contributed by atoms with Gasteiger partial charge in [0, 0.05) is 6.04 Å². The molecule has 0 saturated heterocycles. The zero-order chi connectivity index (χ0) is 11.5. The van der Waals surface area contributed by atoms with Gasteiger partial charge in [0.25, 0.3) is 0 Å². The van der Waals surface area contributed by atoms with Gasteiger partial charge in [-0.2, -0.15) is 0 Å². The molecule has 1 aromatic rings. The van der Waals surface area contributed by atoms with E-state index in [0.29, 0.717) is 0 Å². The summed E-state index contributed by atoms with van der Waals surface area (Å²) in [5.74, 6) is 0. The monoisotopic (exact) mass is 226 g/mol. The molecule has 0 aliphatic carbocycles. The smallest absolute Gasteiger partial charge is 0.243 e. The number of hydrogen-bond donors (Lipinski definition) is 2. The first kappa shape index (κ1) is 11.7. The van der Waals surface area contributed by atoms with Crippen molar-refractivity contribution in [3.63, 3.8) is 0 Å². The van der Waals surface area contributed by atoms with E-state index in [1.165, 1.54) is 12.1 Å². The van der Waals surface area contributed by atoms with Crippen molar-refractivity contribution < 1.29 is 8.42 Å². The number of para-hydroxylation sites is 1. The van der Waals surface area contributed by atoms with Crippen LogP contribution in [0.3, 0.4) is 0 Å². The maximum atomic E-state index is 11.8. The first-order valence-electron chi connectivity index (χ1n) is 4.47. The molecular weight excluding hydrogens is 212 g/mol. The Bertz CT molecular complexity index is 454. The van der Waals surface area contributed by atoms with E-state index in [2.05, 4.69) is 11.3 Å². The molecule has 82 valence electrons. The summed E-state index contributed by atoms with van der Waals surface area (Å²) in [6.45, 7) is 5.20. The van der Waals surface area contributed by atoms with Crippen molar-refractivity contribution >= 4 is 15.7 Å². The van der Waals surface area contributed by atoms with Crippen molar-refractivity contribution in [2.24, 2.45) is 0 Å². The van der Waals surface area contributed by atoms with Crippen LogP contribution in [0.2, 0.25) is 0 Å². The summed E-state index contributed by atoms with van der Waals surface area (Å²) in [5, 5.41) is 0. The highest BCUT2D eigenvalue weighted by Crippen LogP contribution is 2.17. The lowest BCUT2D eigenvalue weighted by molar-refractivity contribution is 0.576. The summed E-state index contributed by atoms with van der Waals surface area (Å²) >= 11 is 0. The minimum absolute atomic E-state index is 0.0960. The average Bonchev–Trinajstić information content (AvgIpc) is 2.17. The van der Waals surface area contributed by atoms with Crippen LogP contribution in [0.5, 0.6) is 0 Å². The predicted octanol–water partition coefficient (Wildman–Crippen LogP) is 1.12. The number of benzene rings is 1. The molecule has 0 fully saturated rings. The normalized spacial score (nSPS) is 13.4. The van der Waals surface area contributed by atoms with Crippen LogP contribution in [0.25, 0.3) is 0 Å². The van der Waals surface area contributed by atoms with Crippen molar-refractivity contribution in [1.29, 1.82) is 0 Å². The van der Waals surface area contributed by atoms with E-state index < -0.39 is 10.0 Å². The Labute approximate surface area is 89.9 Å². The molecule has 0 heterocycles. The first-order chi connectivity index (χ1) is 6.97. The largest absolute Gasteiger partial charge is 0.398 e. The van der Waals surface area contributed by atoms with Gasteiger partial charge in [0.1, 0.15) is 4.90 Å². The van der Waals surface area contributed by atoms with Crippen LogP contribution in [-0.4, -0.2) is 14.5 Å². The van der Waals surface area contributed by atoms with Crippen molar-refractivity contribution in [2.75, 3.05) is 5.73 Å². The van der Waals surface area contributed by atoms with E-state index in [9.17, 15) is 8.42 Å². The molecule has 0 aromatic heterocycles. The van der Waals surface area contributed by atoms with E-state index in [0.717, 1.165) is 0 Å². The summed E-state index contributed by atoms with van der Waals surface area (Å²) in [7, 11) is -3.55. The summed E-state index contributed by atoms with van der Waals surface area (Å²) < 4.78 is 26.0. The zero-order valence-electron chi connectivity index (χ0n) is 8.47. The number of sulfonamides is 1. The van der Waals surface area contributed by atoms with E-state index in [1.807, 2.05) is 0 Å². The fourth-order valence-electron chi connectivity index (χ4n) is 1.08. The van der Waals surface area contributed by atoms with Crippen LogP contribution in [0.4, 0.5) is 5.69 Å². The lowest BCUT2D eigenvalue weighted by atomic mass is 10.3. The molecule has 3 N–H and O–H groups in total. The van der Waals surface area contributed by atoms with Gasteiger partial charge in [-0.1, -0.05) is 18.2 Å². The third-order valence-corrected chi connectivity index (χ3v) is 3.54. The molecule has 1 aromatic carbocycles. The molecular formula is C10H14N2O2S. The second-order valence-electron chi connectivity index (χ2n) is 3.18. The summed E-state index contributed by atoms with van der Waals surface area (Å²) in [6.07, 6.45) is 1.51. The third-order valence-electron chi connectivity index (χ3n) is 1.90. The van der Waals surface area contributed by atoms with Gasteiger partial charge in [0.2, 0.25) is 10.0 Å². The van der Waals surface area contributed by atoms with Gasteiger partial charge < -0.3 is 5.73 Å². The Morgan fingerprint density at radius 3 is 2.60 bits per heavy atom. The van der Waals surface area contributed by atoms with E-state index >= 15 is 0 Å². The number of rotatable bonds is 4. The quantitative estimate of drug-likeness (QED) is 0.597. The molecule has 1 rings (SSSR count). The number of nitrogens with two attached hydrogens (primary N) is 1. The molecule has 0 bridgehead atoms. The zero-order valence-corrected chi connectivity index (χ0v) is 9.29. The van der Waals surface area contributed by atoms with Crippen LogP contribution < -0.4 is 10.5 Å². The molecule has 1 atom stereocenters. The molecule has 5 heteroatoms. The SMILES string of the molecule is C=CC(C)NS(=O)(=O)c1ccccc1N. The summed E-state index contributed by atoms with van der Waals surface area (Å²) in [6, 6.07) is 6.00. The predicted molar refractivity (Wildman–Crippen MR) is 60.8 cm³/mol. The van der Waals surface area contributed by atoms with Gasteiger partial charge >= 0.3 is 0 Å². The highest BCUT2D eigenvalue weighted by atomic mass is 32.2. The third kappa shape index (κ3) is 2.81. The van der Waals surface area contributed by atoms with Gasteiger partial charge in [-0.25, -0.2) is 13.1 Å². The van der Waals surface area contributed by atoms with Crippen molar-refractivity contribution in [2.45, 2.75) is 17.9 Å². The average molecular weight is 226 g/mol. The van der Waals surface area contributed by atoms with Gasteiger partial charge in [-0.05, 0) is 19.1 Å². The van der Waals surface area contributed by atoms with Crippen LogP contribution in [0.15, 0.2) is 41.8 Å². The maximum absolute atomic E-state index is 11.8. The second kappa shape index (κ2) is 4.46. The highest BCUT2D eigenvalue weighted by Gasteiger charge is 2.17.